The van der Waals surface area contributed by atoms with Crippen molar-refractivity contribution < 1.29 is 32.2 Å². The number of benzene rings is 1. The van der Waals surface area contributed by atoms with Crippen LogP contribution in [0.4, 0.5) is 13.2 Å². The Labute approximate surface area is 138 Å². The van der Waals surface area contributed by atoms with E-state index >= 15 is 0 Å². The van der Waals surface area contributed by atoms with Crippen LogP contribution in [0.2, 0.25) is 0 Å². The van der Waals surface area contributed by atoms with Gasteiger partial charge in [0.1, 0.15) is 0 Å². The number of carbonyl (C=O) groups is 1. The number of nitrogens with zero attached hydrogens (tertiary/aromatic N) is 1. The molecule has 1 aliphatic heterocycles. The summed E-state index contributed by atoms with van der Waals surface area (Å²) >= 11 is 0. The van der Waals surface area contributed by atoms with Crippen LogP contribution in [0.15, 0.2) is 24.3 Å². The van der Waals surface area contributed by atoms with Gasteiger partial charge in [-0.2, -0.15) is 13.2 Å². The molecule has 2 rings (SSSR count). The summed E-state index contributed by atoms with van der Waals surface area (Å²) in [5.74, 6) is -0.209. The van der Waals surface area contributed by atoms with Gasteiger partial charge in [-0.1, -0.05) is 12.1 Å². The van der Waals surface area contributed by atoms with E-state index in [1.165, 1.54) is 18.2 Å². The maximum atomic E-state index is 12.3. The van der Waals surface area contributed by atoms with Crippen molar-refractivity contribution >= 4 is 5.91 Å². The van der Waals surface area contributed by atoms with Gasteiger partial charge in [-0.3, -0.25) is 4.79 Å². The quantitative estimate of drug-likeness (QED) is 0.822. The van der Waals surface area contributed by atoms with Gasteiger partial charge in [-0.25, -0.2) is 0 Å². The lowest BCUT2D eigenvalue weighted by atomic mass is 10.0. The van der Waals surface area contributed by atoms with Crippen LogP contribution in [0.25, 0.3) is 0 Å². The SMILES string of the molecule is CC1(C)COCCN1C(=O)COc1ccccc1OCC(F)(F)F. The first-order valence-corrected chi connectivity index (χ1v) is 7.49. The molecule has 24 heavy (non-hydrogen) atoms. The molecule has 8 heteroatoms. The minimum absolute atomic E-state index is 0.0520. The van der Waals surface area contributed by atoms with Crippen molar-refractivity contribution in [2.24, 2.45) is 0 Å². The van der Waals surface area contributed by atoms with Gasteiger partial charge in [0.2, 0.25) is 0 Å². The van der Waals surface area contributed by atoms with E-state index in [-0.39, 0.29) is 24.0 Å². The zero-order valence-corrected chi connectivity index (χ0v) is 13.6. The molecule has 0 aliphatic carbocycles. The molecule has 134 valence electrons. The highest BCUT2D eigenvalue weighted by atomic mass is 19.4. The van der Waals surface area contributed by atoms with Crippen molar-refractivity contribution in [1.29, 1.82) is 0 Å². The number of carbonyl (C=O) groups excluding carboxylic acids is 1. The van der Waals surface area contributed by atoms with Crippen LogP contribution in [-0.2, 0) is 9.53 Å². The zero-order valence-electron chi connectivity index (χ0n) is 13.6. The van der Waals surface area contributed by atoms with Crippen molar-refractivity contribution in [1.82, 2.24) is 4.90 Å². The molecule has 0 bridgehead atoms. The molecule has 1 aliphatic rings. The summed E-state index contributed by atoms with van der Waals surface area (Å²) in [6.07, 6.45) is -4.44. The van der Waals surface area contributed by atoms with Crippen LogP contribution < -0.4 is 9.47 Å². The fourth-order valence-corrected chi connectivity index (χ4v) is 2.39. The lowest BCUT2D eigenvalue weighted by molar-refractivity contribution is -0.154. The van der Waals surface area contributed by atoms with Crippen molar-refractivity contribution in [2.45, 2.75) is 25.6 Å². The van der Waals surface area contributed by atoms with Gasteiger partial charge in [-0.05, 0) is 26.0 Å². The molecule has 0 radical (unpaired) electrons. The largest absolute Gasteiger partial charge is 0.480 e. The van der Waals surface area contributed by atoms with Gasteiger partial charge in [0.15, 0.2) is 24.7 Å². The molecule has 1 aromatic rings. The summed E-state index contributed by atoms with van der Waals surface area (Å²) in [4.78, 5) is 14.0. The highest BCUT2D eigenvalue weighted by molar-refractivity contribution is 5.78. The van der Waals surface area contributed by atoms with Gasteiger partial charge in [-0.15, -0.1) is 0 Å². The number of para-hydroxylation sites is 2. The van der Waals surface area contributed by atoms with Crippen LogP contribution in [0.3, 0.4) is 0 Å². The third-order valence-electron chi connectivity index (χ3n) is 3.54. The predicted molar refractivity (Wildman–Crippen MR) is 80.1 cm³/mol. The molecule has 0 aromatic heterocycles. The summed E-state index contributed by atoms with van der Waals surface area (Å²) in [6.45, 7) is 3.37. The van der Waals surface area contributed by atoms with Crippen LogP contribution in [0.5, 0.6) is 11.5 Å². The lowest BCUT2D eigenvalue weighted by Crippen LogP contribution is -2.56. The van der Waals surface area contributed by atoms with E-state index in [0.29, 0.717) is 19.8 Å². The van der Waals surface area contributed by atoms with Crippen molar-refractivity contribution in [3.63, 3.8) is 0 Å². The highest BCUT2D eigenvalue weighted by Gasteiger charge is 2.34. The number of hydrogen-bond acceptors (Lipinski definition) is 4. The molecule has 0 N–H and O–H groups in total. The van der Waals surface area contributed by atoms with E-state index < -0.39 is 18.3 Å². The molecular formula is C16H20F3NO4. The van der Waals surface area contributed by atoms with E-state index in [1.807, 2.05) is 13.8 Å². The second-order valence-electron chi connectivity index (χ2n) is 6.05. The van der Waals surface area contributed by atoms with Crippen LogP contribution in [-0.4, -0.2) is 55.5 Å². The average Bonchev–Trinajstić information content (AvgIpc) is 2.50. The van der Waals surface area contributed by atoms with Crippen molar-refractivity contribution in [2.75, 3.05) is 33.0 Å². The summed E-state index contributed by atoms with van der Waals surface area (Å²) in [6, 6.07) is 5.96. The Morgan fingerprint density at radius 3 is 2.46 bits per heavy atom. The maximum absolute atomic E-state index is 12.3. The fourth-order valence-electron chi connectivity index (χ4n) is 2.39. The van der Waals surface area contributed by atoms with E-state index in [0.717, 1.165) is 0 Å². The first-order chi connectivity index (χ1) is 11.2. The Balaban J connectivity index is 1.97. The van der Waals surface area contributed by atoms with Crippen LogP contribution in [0.1, 0.15) is 13.8 Å². The molecule has 0 saturated carbocycles. The zero-order chi connectivity index (χ0) is 17.8. The molecule has 1 aromatic carbocycles. The molecule has 0 atom stereocenters. The van der Waals surface area contributed by atoms with Crippen molar-refractivity contribution in [3.8, 4) is 11.5 Å². The molecule has 0 unspecified atom stereocenters. The molecule has 1 saturated heterocycles. The van der Waals surface area contributed by atoms with Crippen LogP contribution in [0, 0.1) is 0 Å². The number of rotatable bonds is 5. The molecule has 1 heterocycles. The van der Waals surface area contributed by atoms with Gasteiger partial charge < -0.3 is 19.1 Å². The number of amides is 1. The summed E-state index contributed by atoms with van der Waals surface area (Å²) in [7, 11) is 0. The maximum Gasteiger partial charge on any atom is 0.422 e. The van der Waals surface area contributed by atoms with Gasteiger partial charge in [0.25, 0.3) is 5.91 Å². The molecule has 1 amide bonds. The third-order valence-corrected chi connectivity index (χ3v) is 3.54. The Morgan fingerprint density at radius 1 is 1.25 bits per heavy atom. The molecule has 0 spiro atoms. The smallest absolute Gasteiger partial charge is 0.422 e. The standard InChI is InChI=1S/C16H20F3NO4/c1-15(2)10-22-8-7-20(15)14(21)9-23-12-5-3-4-6-13(12)24-11-16(17,18)19/h3-6H,7-11H2,1-2H3. The Hall–Kier alpha value is -1.96. The first kappa shape index (κ1) is 18.4. The third kappa shape index (κ3) is 5.02. The normalized spacial score (nSPS) is 17.5. The van der Waals surface area contributed by atoms with E-state index in [9.17, 15) is 18.0 Å². The van der Waals surface area contributed by atoms with Gasteiger partial charge >= 0.3 is 6.18 Å². The minimum atomic E-state index is -4.44. The van der Waals surface area contributed by atoms with E-state index in [2.05, 4.69) is 0 Å². The second-order valence-corrected chi connectivity index (χ2v) is 6.05. The average molecular weight is 347 g/mol. The minimum Gasteiger partial charge on any atom is -0.480 e. The summed E-state index contributed by atoms with van der Waals surface area (Å²) < 4.78 is 52.3. The lowest BCUT2D eigenvalue weighted by Gasteiger charge is -2.42. The number of ether oxygens (including phenoxy) is 3. The Kier molecular flexibility index (Phi) is 5.58. The predicted octanol–water partition coefficient (Wildman–Crippen LogP) is 2.64. The number of halogens is 3. The second kappa shape index (κ2) is 7.29. The molecule has 5 nitrogen and oxygen atoms in total. The Morgan fingerprint density at radius 2 is 1.88 bits per heavy atom. The molecular weight excluding hydrogens is 327 g/mol. The topological polar surface area (TPSA) is 48.0 Å². The number of hydrogen-bond donors (Lipinski definition) is 0. The van der Waals surface area contributed by atoms with E-state index in [1.54, 1.807) is 11.0 Å². The van der Waals surface area contributed by atoms with Crippen molar-refractivity contribution in [3.05, 3.63) is 24.3 Å². The monoisotopic (exact) mass is 347 g/mol. The fraction of sp³-hybridized carbons (Fsp3) is 0.562. The summed E-state index contributed by atoms with van der Waals surface area (Å²) in [5.41, 5.74) is -0.453. The van der Waals surface area contributed by atoms with Gasteiger partial charge in [0, 0.05) is 6.54 Å². The van der Waals surface area contributed by atoms with Gasteiger partial charge in [0.05, 0.1) is 18.8 Å². The summed E-state index contributed by atoms with van der Waals surface area (Å²) in [5, 5.41) is 0. The number of morpholine rings is 1. The highest BCUT2D eigenvalue weighted by Crippen LogP contribution is 2.29. The Bertz CT molecular complexity index is 575. The first-order valence-electron chi connectivity index (χ1n) is 7.49. The molecule has 1 fully saturated rings. The van der Waals surface area contributed by atoms with E-state index in [4.69, 9.17) is 14.2 Å². The van der Waals surface area contributed by atoms with Crippen LogP contribution >= 0.6 is 0 Å². The number of alkyl halides is 3.